The van der Waals surface area contributed by atoms with Gasteiger partial charge in [-0.3, -0.25) is 0 Å². The van der Waals surface area contributed by atoms with Crippen molar-refractivity contribution in [1.29, 1.82) is 0 Å². The average molecular weight is 228 g/mol. The largest absolute Gasteiger partial charge is 0.393 e. The molecule has 0 spiro atoms. The highest BCUT2D eigenvalue weighted by atomic mass is 32.1. The van der Waals surface area contributed by atoms with Crippen LogP contribution < -0.4 is 11.1 Å². The number of aliphatic hydroxyl groups excluding tert-OH is 1. The van der Waals surface area contributed by atoms with E-state index in [2.05, 4.69) is 29.1 Å². The Morgan fingerprint density at radius 1 is 1.53 bits per heavy atom. The van der Waals surface area contributed by atoms with Gasteiger partial charge in [-0.15, -0.1) is 0 Å². The summed E-state index contributed by atoms with van der Waals surface area (Å²) in [6.07, 6.45) is 0.481. The third kappa shape index (κ3) is 4.30. The Bertz CT molecular complexity index is 262. The maximum absolute atomic E-state index is 9.27. The van der Waals surface area contributed by atoms with Crippen LogP contribution in [0.4, 0.5) is 0 Å². The van der Waals surface area contributed by atoms with Gasteiger partial charge in [0, 0.05) is 18.6 Å². The molecule has 15 heavy (non-hydrogen) atoms. The molecular formula is C11H20N2OS. The lowest BCUT2D eigenvalue weighted by molar-refractivity contribution is 0.168. The van der Waals surface area contributed by atoms with E-state index in [0.29, 0.717) is 6.54 Å². The predicted molar refractivity (Wildman–Crippen MR) is 65.0 cm³/mol. The van der Waals surface area contributed by atoms with Crippen molar-refractivity contribution in [1.82, 2.24) is 5.32 Å². The van der Waals surface area contributed by atoms with Gasteiger partial charge in [0.25, 0.3) is 0 Å². The Hall–Kier alpha value is -0.420. The topological polar surface area (TPSA) is 58.3 Å². The van der Waals surface area contributed by atoms with Crippen molar-refractivity contribution < 1.29 is 5.11 Å². The highest BCUT2D eigenvalue weighted by Crippen LogP contribution is 2.16. The van der Waals surface area contributed by atoms with Crippen molar-refractivity contribution in [3.05, 3.63) is 22.4 Å². The number of nitrogens with two attached hydrogens (primary N) is 1. The maximum atomic E-state index is 9.27. The Morgan fingerprint density at radius 3 is 2.73 bits per heavy atom. The van der Waals surface area contributed by atoms with Crippen molar-refractivity contribution in [2.75, 3.05) is 6.54 Å². The van der Waals surface area contributed by atoms with Gasteiger partial charge >= 0.3 is 0 Å². The molecule has 0 saturated carbocycles. The second-order valence-corrected chi connectivity index (χ2v) is 4.78. The van der Waals surface area contributed by atoms with Crippen LogP contribution in [0.1, 0.15) is 31.9 Å². The van der Waals surface area contributed by atoms with E-state index >= 15 is 0 Å². The summed E-state index contributed by atoms with van der Waals surface area (Å²) in [6, 6.07) is 2.56. The molecule has 0 amide bonds. The first-order chi connectivity index (χ1) is 7.13. The molecule has 3 unspecified atom stereocenters. The minimum atomic E-state index is -0.270. The van der Waals surface area contributed by atoms with Gasteiger partial charge in [0.2, 0.25) is 0 Å². The monoisotopic (exact) mass is 228 g/mol. The fraction of sp³-hybridized carbons (Fsp3) is 0.636. The summed E-state index contributed by atoms with van der Waals surface area (Å²) in [6.45, 7) is 4.46. The van der Waals surface area contributed by atoms with Crippen molar-refractivity contribution in [3.8, 4) is 0 Å². The molecule has 1 rings (SSSR count). The van der Waals surface area contributed by atoms with Crippen LogP contribution in [-0.2, 0) is 0 Å². The van der Waals surface area contributed by atoms with E-state index in [9.17, 15) is 5.11 Å². The van der Waals surface area contributed by atoms with Gasteiger partial charge in [0.05, 0.1) is 6.10 Å². The molecule has 0 aliphatic heterocycles. The molecule has 0 fully saturated rings. The molecule has 4 N–H and O–H groups in total. The van der Waals surface area contributed by atoms with Gasteiger partial charge in [-0.1, -0.05) is 0 Å². The highest BCUT2D eigenvalue weighted by molar-refractivity contribution is 7.07. The van der Waals surface area contributed by atoms with E-state index in [1.54, 1.807) is 18.3 Å². The summed E-state index contributed by atoms with van der Waals surface area (Å²) in [5.41, 5.74) is 6.96. The van der Waals surface area contributed by atoms with Gasteiger partial charge in [-0.2, -0.15) is 11.3 Å². The van der Waals surface area contributed by atoms with Crippen LogP contribution in [0.15, 0.2) is 16.8 Å². The van der Waals surface area contributed by atoms with Gasteiger partial charge in [0.1, 0.15) is 0 Å². The lowest BCUT2D eigenvalue weighted by atomic mass is 10.1. The normalized spacial score (nSPS) is 17.3. The highest BCUT2D eigenvalue weighted by Gasteiger charge is 2.14. The molecule has 0 bridgehead atoms. The van der Waals surface area contributed by atoms with Gasteiger partial charge in [0.15, 0.2) is 0 Å². The standard InChI is InChI=1S/C11H20N2OS/c1-8(5-9(2)14)13-11(6-12)10-3-4-15-7-10/h3-4,7-9,11,13-14H,5-6,12H2,1-2H3. The van der Waals surface area contributed by atoms with Crippen LogP contribution in [0.5, 0.6) is 0 Å². The second-order valence-electron chi connectivity index (χ2n) is 4.00. The van der Waals surface area contributed by atoms with Gasteiger partial charge < -0.3 is 16.2 Å². The molecule has 0 aliphatic carbocycles. The fourth-order valence-corrected chi connectivity index (χ4v) is 2.41. The maximum Gasteiger partial charge on any atom is 0.0526 e. The SMILES string of the molecule is CC(O)CC(C)NC(CN)c1ccsc1. The summed E-state index contributed by atoms with van der Waals surface area (Å²) in [7, 11) is 0. The summed E-state index contributed by atoms with van der Waals surface area (Å²) in [5, 5.41) is 16.9. The summed E-state index contributed by atoms with van der Waals surface area (Å²) < 4.78 is 0. The minimum Gasteiger partial charge on any atom is -0.393 e. The van der Waals surface area contributed by atoms with E-state index in [-0.39, 0.29) is 18.2 Å². The molecule has 0 saturated heterocycles. The number of aliphatic hydroxyl groups is 1. The van der Waals surface area contributed by atoms with Crippen molar-refractivity contribution in [2.24, 2.45) is 5.73 Å². The zero-order valence-corrected chi connectivity index (χ0v) is 10.1. The summed E-state index contributed by atoms with van der Waals surface area (Å²) in [5.74, 6) is 0. The van der Waals surface area contributed by atoms with E-state index in [4.69, 9.17) is 5.73 Å². The quantitative estimate of drug-likeness (QED) is 0.691. The Morgan fingerprint density at radius 2 is 2.27 bits per heavy atom. The Kier molecular flexibility index (Phi) is 5.25. The first-order valence-corrected chi connectivity index (χ1v) is 6.24. The van der Waals surface area contributed by atoms with E-state index < -0.39 is 0 Å². The Labute approximate surface area is 95.3 Å². The molecule has 4 heteroatoms. The zero-order chi connectivity index (χ0) is 11.3. The van der Waals surface area contributed by atoms with E-state index in [1.807, 2.05) is 0 Å². The number of nitrogens with one attached hydrogen (secondary N) is 1. The van der Waals surface area contributed by atoms with Crippen LogP contribution >= 0.6 is 11.3 Å². The van der Waals surface area contributed by atoms with Crippen LogP contribution in [0, 0.1) is 0 Å². The Balaban J connectivity index is 2.47. The molecule has 1 heterocycles. The average Bonchev–Trinajstić information content (AvgIpc) is 2.65. The number of hydrogen-bond donors (Lipinski definition) is 3. The van der Waals surface area contributed by atoms with Crippen LogP contribution in [-0.4, -0.2) is 23.8 Å². The van der Waals surface area contributed by atoms with Crippen molar-refractivity contribution in [2.45, 2.75) is 38.5 Å². The number of rotatable bonds is 6. The second kappa shape index (κ2) is 6.23. The van der Waals surface area contributed by atoms with Crippen molar-refractivity contribution in [3.63, 3.8) is 0 Å². The predicted octanol–water partition coefficient (Wildman–Crippen LogP) is 1.50. The summed E-state index contributed by atoms with van der Waals surface area (Å²) in [4.78, 5) is 0. The van der Waals surface area contributed by atoms with Crippen LogP contribution in [0.3, 0.4) is 0 Å². The lowest BCUT2D eigenvalue weighted by Crippen LogP contribution is -2.36. The fourth-order valence-electron chi connectivity index (χ4n) is 1.70. The van der Waals surface area contributed by atoms with Crippen LogP contribution in [0.25, 0.3) is 0 Å². The first-order valence-electron chi connectivity index (χ1n) is 5.29. The molecule has 0 radical (unpaired) electrons. The molecule has 86 valence electrons. The number of thiophene rings is 1. The van der Waals surface area contributed by atoms with E-state index in [0.717, 1.165) is 6.42 Å². The molecule has 0 aliphatic rings. The molecule has 1 aromatic heterocycles. The molecule has 3 nitrogen and oxygen atoms in total. The third-order valence-corrected chi connectivity index (χ3v) is 3.06. The minimum absolute atomic E-state index is 0.199. The lowest BCUT2D eigenvalue weighted by Gasteiger charge is -2.22. The van der Waals surface area contributed by atoms with Crippen molar-refractivity contribution >= 4 is 11.3 Å². The first kappa shape index (κ1) is 12.6. The summed E-state index contributed by atoms with van der Waals surface area (Å²) >= 11 is 1.68. The molecule has 0 aromatic carbocycles. The number of hydrogen-bond acceptors (Lipinski definition) is 4. The smallest absolute Gasteiger partial charge is 0.0526 e. The van der Waals surface area contributed by atoms with Gasteiger partial charge in [-0.25, -0.2) is 0 Å². The van der Waals surface area contributed by atoms with E-state index in [1.165, 1.54) is 5.56 Å². The van der Waals surface area contributed by atoms with Gasteiger partial charge in [-0.05, 0) is 42.7 Å². The zero-order valence-electron chi connectivity index (χ0n) is 9.31. The molecule has 1 aromatic rings. The molecule has 3 atom stereocenters. The molecular weight excluding hydrogens is 208 g/mol. The third-order valence-electron chi connectivity index (χ3n) is 2.36. The van der Waals surface area contributed by atoms with Crippen LogP contribution in [0.2, 0.25) is 0 Å².